The summed E-state index contributed by atoms with van der Waals surface area (Å²) in [7, 11) is 0. The van der Waals surface area contributed by atoms with Crippen LogP contribution in [0.5, 0.6) is 0 Å². The highest BCUT2D eigenvalue weighted by Crippen LogP contribution is 2.37. The maximum absolute atomic E-state index is 13.2. The molecule has 1 heterocycles. The quantitative estimate of drug-likeness (QED) is 0.454. The van der Waals surface area contributed by atoms with Crippen molar-refractivity contribution >= 4 is 12.0 Å². The minimum Gasteiger partial charge on any atom is -0.438 e. The molecule has 0 atom stereocenters. The van der Waals surface area contributed by atoms with Gasteiger partial charge in [0, 0.05) is 32.5 Å². The van der Waals surface area contributed by atoms with Crippen molar-refractivity contribution in [1.29, 1.82) is 0 Å². The first-order chi connectivity index (χ1) is 17.0. The summed E-state index contributed by atoms with van der Waals surface area (Å²) < 4.78 is 19.2. The molecule has 0 aromatic heterocycles. The average Bonchev–Trinajstić information content (AvgIpc) is 2.89. The molecule has 0 unspecified atom stereocenters. The monoisotopic (exact) mass is 474 g/mol. The highest BCUT2D eigenvalue weighted by Gasteiger charge is 2.40. The predicted molar refractivity (Wildman–Crippen MR) is 133 cm³/mol. The van der Waals surface area contributed by atoms with Gasteiger partial charge in [-0.05, 0) is 41.7 Å². The third-order valence-electron chi connectivity index (χ3n) is 6.53. The van der Waals surface area contributed by atoms with Gasteiger partial charge < -0.3 is 15.0 Å². The molecule has 0 saturated carbocycles. The molecule has 0 spiro atoms. The number of piperidine rings is 1. The van der Waals surface area contributed by atoms with Crippen LogP contribution in [0.2, 0.25) is 0 Å². The van der Waals surface area contributed by atoms with Crippen LogP contribution in [0.15, 0.2) is 84.9 Å². The maximum Gasteiger partial charge on any atom is 0.408 e. The molecule has 0 bridgehead atoms. The van der Waals surface area contributed by atoms with Crippen LogP contribution in [0.4, 0.5) is 9.18 Å². The summed E-state index contributed by atoms with van der Waals surface area (Å²) in [6, 6.07) is 25.9. The zero-order valence-corrected chi connectivity index (χ0v) is 19.8. The number of rotatable bonds is 8. The number of halogens is 1. The van der Waals surface area contributed by atoms with Gasteiger partial charge in [0.2, 0.25) is 5.91 Å². The van der Waals surface area contributed by atoms with Crippen molar-refractivity contribution in [2.45, 2.75) is 37.7 Å². The summed E-state index contributed by atoms with van der Waals surface area (Å²) >= 11 is 0. The largest absolute Gasteiger partial charge is 0.438 e. The van der Waals surface area contributed by atoms with Gasteiger partial charge in [-0.3, -0.25) is 4.79 Å². The van der Waals surface area contributed by atoms with Gasteiger partial charge in [-0.2, -0.15) is 0 Å². The Bertz CT molecular complexity index is 1100. The van der Waals surface area contributed by atoms with Crippen molar-refractivity contribution in [3.63, 3.8) is 0 Å². The Morgan fingerprint density at radius 1 is 0.857 bits per heavy atom. The Labute approximate surface area is 205 Å². The van der Waals surface area contributed by atoms with E-state index in [1.54, 1.807) is 17.0 Å². The van der Waals surface area contributed by atoms with E-state index in [2.05, 4.69) is 17.4 Å². The fraction of sp³-hybridized carbons (Fsp3) is 0.310. The predicted octanol–water partition coefficient (Wildman–Crippen LogP) is 5.25. The van der Waals surface area contributed by atoms with Gasteiger partial charge in [0.1, 0.15) is 11.4 Å². The number of benzene rings is 3. The van der Waals surface area contributed by atoms with Crippen LogP contribution in [0.1, 0.15) is 36.0 Å². The number of aryl methyl sites for hydroxylation is 1. The van der Waals surface area contributed by atoms with Gasteiger partial charge in [-0.1, -0.05) is 72.8 Å². The number of amides is 2. The summed E-state index contributed by atoms with van der Waals surface area (Å²) in [5.74, 6) is -0.328. The first-order valence-electron chi connectivity index (χ1n) is 12.1. The highest BCUT2D eigenvalue weighted by atomic mass is 19.1. The second kappa shape index (κ2) is 11.6. The van der Waals surface area contributed by atoms with E-state index < -0.39 is 11.7 Å². The minimum atomic E-state index is -0.780. The van der Waals surface area contributed by atoms with E-state index in [1.807, 2.05) is 48.5 Å². The van der Waals surface area contributed by atoms with Crippen LogP contribution in [0, 0.1) is 5.82 Å². The molecule has 35 heavy (non-hydrogen) atoms. The Hall–Kier alpha value is -3.67. The second-order valence-electron chi connectivity index (χ2n) is 8.95. The lowest BCUT2D eigenvalue weighted by Gasteiger charge is -2.41. The molecule has 0 radical (unpaired) electrons. The molecule has 6 heteroatoms. The Morgan fingerprint density at radius 2 is 1.49 bits per heavy atom. The Balaban J connectivity index is 1.34. The average molecular weight is 475 g/mol. The summed E-state index contributed by atoms with van der Waals surface area (Å²) in [5.41, 5.74) is 2.17. The lowest BCUT2D eigenvalue weighted by molar-refractivity contribution is -0.135. The number of nitrogens with zero attached hydrogens (tertiary/aromatic N) is 1. The number of likely N-dealkylation sites (tertiary alicyclic amines) is 1. The van der Waals surface area contributed by atoms with E-state index >= 15 is 0 Å². The van der Waals surface area contributed by atoms with Crippen LogP contribution in [-0.2, 0) is 28.0 Å². The standard InChI is InChI=1S/C29H31FN2O3/c30-26-15-13-24(14-16-26)22-27(33)32-20-17-29(18-21-32,25-11-5-2-6-12-25)35-28(34)31-19-7-10-23-8-3-1-4-9-23/h1-6,8-9,11-16H,7,10,17-22H2,(H,31,34). The Morgan fingerprint density at radius 3 is 2.14 bits per heavy atom. The SMILES string of the molecule is O=C(NCCCc1ccccc1)OC1(c2ccccc2)CCN(C(=O)Cc2ccc(F)cc2)CC1. The molecule has 1 N–H and O–H groups in total. The summed E-state index contributed by atoms with van der Waals surface area (Å²) in [6.45, 7) is 1.49. The molecule has 0 aliphatic carbocycles. The molecule has 2 amide bonds. The van der Waals surface area contributed by atoms with Gasteiger partial charge in [0.05, 0.1) is 6.42 Å². The fourth-order valence-corrected chi connectivity index (χ4v) is 4.54. The van der Waals surface area contributed by atoms with Crippen molar-refractivity contribution in [2.24, 2.45) is 0 Å². The normalized spacial score (nSPS) is 14.8. The molecule has 5 nitrogen and oxygen atoms in total. The molecule has 1 saturated heterocycles. The van der Waals surface area contributed by atoms with Gasteiger partial charge >= 0.3 is 6.09 Å². The van der Waals surface area contributed by atoms with Crippen molar-refractivity contribution in [3.05, 3.63) is 107 Å². The van der Waals surface area contributed by atoms with E-state index in [0.29, 0.717) is 32.5 Å². The summed E-state index contributed by atoms with van der Waals surface area (Å²) in [4.78, 5) is 27.4. The Kier molecular flexibility index (Phi) is 8.14. The maximum atomic E-state index is 13.2. The molecule has 1 aliphatic rings. The van der Waals surface area contributed by atoms with E-state index in [0.717, 1.165) is 24.0 Å². The third-order valence-corrected chi connectivity index (χ3v) is 6.53. The number of nitrogens with one attached hydrogen (secondary N) is 1. The van der Waals surface area contributed by atoms with E-state index in [4.69, 9.17) is 4.74 Å². The number of alkyl carbamates (subject to hydrolysis) is 1. The first kappa shape index (κ1) is 24.5. The third kappa shape index (κ3) is 6.69. The van der Waals surface area contributed by atoms with Gasteiger partial charge in [0.25, 0.3) is 0 Å². The van der Waals surface area contributed by atoms with Crippen LogP contribution in [0.3, 0.4) is 0 Å². The molecular formula is C29H31FN2O3. The first-order valence-corrected chi connectivity index (χ1v) is 12.1. The number of carbonyl (C=O) groups excluding carboxylic acids is 2. The van der Waals surface area contributed by atoms with Crippen LogP contribution in [-0.4, -0.2) is 36.5 Å². The molecule has 1 aliphatic heterocycles. The summed E-state index contributed by atoms with van der Waals surface area (Å²) in [5, 5.41) is 2.89. The number of hydrogen-bond donors (Lipinski definition) is 1. The topological polar surface area (TPSA) is 58.6 Å². The molecule has 182 valence electrons. The molecule has 4 rings (SSSR count). The van der Waals surface area contributed by atoms with E-state index in [9.17, 15) is 14.0 Å². The minimum absolute atomic E-state index is 0.0105. The van der Waals surface area contributed by atoms with E-state index in [-0.39, 0.29) is 18.1 Å². The second-order valence-corrected chi connectivity index (χ2v) is 8.95. The van der Waals surface area contributed by atoms with Gasteiger partial charge in [-0.25, -0.2) is 9.18 Å². The zero-order valence-electron chi connectivity index (χ0n) is 19.8. The van der Waals surface area contributed by atoms with Crippen LogP contribution >= 0.6 is 0 Å². The zero-order chi connectivity index (χ0) is 24.5. The molecule has 3 aromatic carbocycles. The lowest BCUT2D eigenvalue weighted by Crippen LogP contribution is -2.48. The fourth-order valence-electron chi connectivity index (χ4n) is 4.54. The van der Waals surface area contributed by atoms with Crippen LogP contribution in [0.25, 0.3) is 0 Å². The number of ether oxygens (including phenoxy) is 1. The number of hydrogen-bond acceptors (Lipinski definition) is 3. The van der Waals surface area contributed by atoms with Gasteiger partial charge in [-0.15, -0.1) is 0 Å². The van der Waals surface area contributed by atoms with Crippen molar-refractivity contribution in [1.82, 2.24) is 10.2 Å². The van der Waals surface area contributed by atoms with Crippen molar-refractivity contribution in [2.75, 3.05) is 19.6 Å². The number of carbonyl (C=O) groups is 2. The summed E-state index contributed by atoms with van der Waals surface area (Å²) in [6.07, 6.45) is 2.53. The van der Waals surface area contributed by atoms with Crippen LogP contribution < -0.4 is 5.32 Å². The highest BCUT2D eigenvalue weighted by molar-refractivity contribution is 5.79. The van der Waals surface area contributed by atoms with E-state index in [1.165, 1.54) is 17.7 Å². The molecule has 1 fully saturated rings. The smallest absolute Gasteiger partial charge is 0.408 e. The van der Waals surface area contributed by atoms with Gasteiger partial charge in [0.15, 0.2) is 0 Å². The van der Waals surface area contributed by atoms with Crippen molar-refractivity contribution < 1.29 is 18.7 Å². The molecule has 3 aromatic rings. The van der Waals surface area contributed by atoms with Crippen molar-refractivity contribution in [3.8, 4) is 0 Å². The molecular weight excluding hydrogens is 443 g/mol. The lowest BCUT2D eigenvalue weighted by atomic mass is 9.84.